The van der Waals surface area contributed by atoms with Gasteiger partial charge in [0.1, 0.15) is 5.84 Å². The lowest BCUT2D eigenvalue weighted by Crippen LogP contribution is -2.11. The third-order valence-corrected chi connectivity index (χ3v) is 3.48. The zero-order valence-electron chi connectivity index (χ0n) is 11.7. The van der Waals surface area contributed by atoms with Crippen molar-refractivity contribution in [2.24, 2.45) is 5.73 Å². The van der Waals surface area contributed by atoms with E-state index in [2.05, 4.69) is 25.9 Å². The predicted octanol–water partition coefficient (Wildman–Crippen LogP) is 2.39. The number of amidine groups is 1. The van der Waals surface area contributed by atoms with Gasteiger partial charge in [0.25, 0.3) is 0 Å². The highest BCUT2D eigenvalue weighted by atomic mass is 15.3. The van der Waals surface area contributed by atoms with Crippen LogP contribution in [-0.4, -0.2) is 15.6 Å². The second kappa shape index (κ2) is 5.26. The molecule has 4 nitrogen and oxygen atoms in total. The Bertz CT molecular complexity index is 593. The van der Waals surface area contributed by atoms with Crippen molar-refractivity contribution < 1.29 is 0 Å². The molecular formula is C15H20N4. The van der Waals surface area contributed by atoms with E-state index >= 15 is 0 Å². The van der Waals surface area contributed by atoms with Crippen LogP contribution in [0, 0.1) is 19.3 Å². The van der Waals surface area contributed by atoms with Crippen LogP contribution in [0.5, 0.6) is 0 Å². The molecule has 3 N–H and O–H groups in total. The molecule has 2 aromatic rings. The number of aromatic nitrogens is 2. The number of nitrogens with one attached hydrogen (secondary N) is 1. The molecule has 0 aliphatic heterocycles. The largest absolute Gasteiger partial charge is 0.384 e. The van der Waals surface area contributed by atoms with Gasteiger partial charge < -0.3 is 5.73 Å². The molecule has 0 unspecified atom stereocenters. The van der Waals surface area contributed by atoms with Crippen LogP contribution >= 0.6 is 0 Å². The molecule has 2 rings (SSSR count). The van der Waals surface area contributed by atoms with Crippen molar-refractivity contribution in [2.75, 3.05) is 0 Å². The van der Waals surface area contributed by atoms with Crippen LogP contribution in [0.4, 0.5) is 0 Å². The fraction of sp³-hybridized carbons (Fsp3) is 0.333. The maximum atomic E-state index is 7.38. The van der Waals surface area contributed by atoms with Gasteiger partial charge in [-0.25, -0.2) is 0 Å². The Labute approximate surface area is 113 Å². The van der Waals surface area contributed by atoms with Gasteiger partial charge in [-0.15, -0.1) is 0 Å². The number of nitrogens with zero attached hydrogens (tertiary/aromatic N) is 2. The van der Waals surface area contributed by atoms with E-state index in [0.29, 0.717) is 0 Å². The van der Waals surface area contributed by atoms with Gasteiger partial charge in [0.05, 0.1) is 12.2 Å². The van der Waals surface area contributed by atoms with Gasteiger partial charge in [0.15, 0.2) is 0 Å². The molecule has 0 atom stereocenters. The first-order valence-electron chi connectivity index (χ1n) is 6.49. The Morgan fingerprint density at radius 2 is 1.89 bits per heavy atom. The molecule has 0 bridgehead atoms. The Balaban J connectivity index is 2.24. The summed E-state index contributed by atoms with van der Waals surface area (Å²) in [5, 5.41) is 12.0. The average Bonchev–Trinajstić information content (AvgIpc) is 2.64. The Morgan fingerprint density at radius 3 is 2.37 bits per heavy atom. The zero-order chi connectivity index (χ0) is 14.0. The van der Waals surface area contributed by atoms with Gasteiger partial charge in [0.2, 0.25) is 0 Å². The lowest BCUT2D eigenvalue weighted by Gasteiger charge is -2.06. The first-order chi connectivity index (χ1) is 9.02. The van der Waals surface area contributed by atoms with Crippen molar-refractivity contribution >= 4 is 5.84 Å². The van der Waals surface area contributed by atoms with Crippen LogP contribution in [0.1, 0.15) is 35.0 Å². The molecule has 0 fully saturated rings. The number of aryl methyl sites for hydroxylation is 1. The number of hydrogen-bond donors (Lipinski definition) is 2. The number of rotatable bonds is 4. The lowest BCUT2D eigenvalue weighted by molar-refractivity contribution is 0.658. The van der Waals surface area contributed by atoms with Crippen molar-refractivity contribution in [2.45, 2.75) is 33.7 Å². The first-order valence-corrected chi connectivity index (χ1v) is 6.49. The Hall–Kier alpha value is -2.10. The summed E-state index contributed by atoms with van der Waals surface area (Å²) in [7, 11) is 0. The van der Waals surface area contributed by atoms with Crippen molar-refractivity contribution in [3.8, 4) is 0 Å². The second-order valence-electron chi connectivity index (χ2n) is 4.77. The van der Waals surface area contributed by atoms with Crippen LogP contribution in [0.25, 0.3) is 0 Å². The summed E-state index contributed by atoms with van der Waals surface area (Å²) in [5.74, 6) is 0.103. The standard InChI is InChI=1S/C15H20N4/c1-4-14-10(2)18-19(11(14)3)9-12-5-7-13(8-6-12)15(16)17/h5-8H,4,9H2,1-3H3,(H3,16,17). The summed E-state index contributed by atoms with van der Waals surface area (Å²) >= 11 is 0. The third-order valence-electron chi connectivity index (χ3n) is 3.48. The van der Waals surface area contributed by atoms with Gasteiger partial charge in [-0.2, -0.15) is 5.10 Å². The van der Waals surface area contributed by atoms with Crippen LogP contribution in [0.3, 0.4) is 0 Å². The number of nitrogen functional groups attached to an aromatic ring is 1. The summed E-state index contributed by atoms with van der Waals surface area (Å²) in [5.41, 5.74) is 11.0. The first kappa shape index (κ1) is 13.3. The minimum Gasteiger partial charge on any atom is -0.384 e. The van der Waals surface area contributed by atoms with Crippen LogP contribution in [0.2, 0.25) is 0 Å². The van der Waals surface area contributed by atoms with E-state index in [1.807, 2.05) is 28.9 Å². The molecular weight excluding hydrogens is 236 g/mol. The normalized spacial score (nSPS) is 10.7. The SMILES string of the molecule is CCc1c(C)nn(Cc2ccc(C(=N)N)cc2)c1C. The molecule has 0 aliphatic carbocycles. The van der Waals surface area contributed by atoms with E-state index in [4.69, 9.17) is 11.1 Å². The fourth-order valence-corrected chi connectivity index (χ4v) is 2.36. The summed E-state index contributed by atoms with van der Waals surface area (Å²) in [4.78, 5) is 0. The number of hydrogen-bond acceptors (Lipinski definition) is 2. The van der Waals surface area contributed by atoms with Crippen LogP contribution in [0.15, 0.2) is 24.3 Å². The van der Waals surface area contributed by atoms with E-state index in [-0.39, 0.29) is 5.84 Å². The van der Waals surface area contributed by atoms with E-state index in [1.54, 1.807) is 0 Å². The third kappa shape index (κ3) is 2.67. The quantitative estimate of drug-likeness (QED) is 0.651. The molecule has 100 valence electrons. The summed E-state index contributed by atoms with van der Waals surface area (Å²) in [6.45, 7) is 7.08. The molecule has 0 radical (unpaired) electrons. The maximum absolute atomic E-state index is 7.38. The molecule has 0 saturated carbocycles. The second-order valence-corrected chi connectivity index (χ2v) is 4.77. The molecule has 0 spiro atoms. The monoisotopic (exact) mass is 256 g/mol. The Morgan fingerprint density at radius 1 is 1.26 bits per heavy atom. The van der Waals surface area contributed by atoms with Crippen molar-refractivity contribution in [1.82, 2.24) is 9.78 Å². The van der Waals surface area contributed by atoms with E-state index < -0.39 is 0 Å². The van der Waals surface area contributed by atoms with E-state index in [0.717, 1.165) is 24.2 Å². The minimum atomic E-state index is 0.103. The average molecular weight is 256 g/mol. The predicted molar refractivity (Wildman–Crippen MR) is 77.6 cm³/mol. The summed E-state index contributed by atoms with van der Waals surface area (Å²) in [6, 6.07) is 7.76. The molecule has 4 heteroatoms. The van der Waals surface area contributed by atoms with Crippen molar-refractivity contribution in [3.63, 3.8) is 0 Å². The van der Waals surface area contributed by atoms with Crippen LogP contribution < -0.4 is 5.73 Å². The fourth-order valence-electron chi connectivity index (χ4n) is 2.36. The molecule has 1 aromatic heterocycles. The smallest absolute Gasteiger partial charge is 0.122 e. The van der Waals surface area contributed by atoms with Gasteiger partial charge in [0, 0.05) is 11.3 Å². The van der Waals surface area contributed by atoms with Gasteiger partial charge in [-0.3, -0.25) is 10.1 Å². The molecule has 1 heterocycles. The number of nitrogens with two attached hydrogens (primary N) is 1. The Kier molecular flexibility index (Phi) is 3.69. The van der Waals surface area contributed by atoms with E-state index in [9.17, 15) is 0 Å². The summed E-state index contributed by atoms with van der Waals surface area (Å²) < 4.78 is 2.04. The topological polar surface area (TPSA) is 67.7 Å². The molecule has 19 heavy (non-hydrogen) atoms. The molecule has 0 saturated heterocycles. The van der Waals surface area contributed by atoms with Gasteiger partial charge in [-0.05, 0) is 31.4 Å². The van der Waals surface area contributed by atoms with Crippen molar-refractivity contribution in [1.29, 1.82) is 5.41 Å². The highest BCUT2D eigenvalue weighted by molar-refractivity contribution is 5.94. The lowest BCUT2D eigenvalue weighted by atomic mass is 10.1. The molecule has 0 amide bonds. The van der Waals surface area contributed by atoms with E-state index in [1.165, 1.54) is 16.8 Å². The number of benzene rings is 1. The summed E-state index contributed by atoms with van der Waals surface area (Å²) in [6.07, 6.45) is 1.01. The van der Waals surface area contributed by atoms with Crippen LogP contribution in [-0.2, 0) is 13.0 Å². The van der Waals surface area contributed by atoms with Crippen molar-refractivity contribution in [3.05, 3.63) is 52.3 Å². The maximum Gasteiger partial charge on any atom is 0.122 e. The van der Waals surface area contributed by atoms with Gasteiger partial charge in [-0.1, -0.05) is 31.2 Å². The highest BCUT2D eigenvalue weighted by Crippen LogP contribution is 2.15. The zero-order valence-corrected chi connectivity index (χ0v) is 11.7. The molecule has 0 aliphatic rings. The minimum absolute atomic E-state index is 0.103. The van der Waals surface area contributed by atoms with Gasteiger partial charge >= 0.3 is 0 Å². The highest BCUT2D eigenvalue weighted by Gasteiger charge is 2.09. The molecule has 1 aromatic carbocycles.